The first-order valence-electron chi connectivity index (χ1n) is 10.1. The number of primary amides is 1. The maximum Gasteiger partial charge on any atom is 0.261 e. The fourth-order valence-corrected chi connectivity index (χ4v) is 4.05. The molecule has 0 fully saturated rings. The van der Waals surface area contributed by atoms with Gasteiger partial charge in [-0.15, -0.1) is 0 Å². The molecule has 0 saturated heterocycles. The number of nitrogens with two attached hydrogens (primary N) is 1. The molecule has 1 unspecified atom stereocenters. The molecule has 2 aromatic carbocycles. The molecule has 1 atom stereocenters. The third-order valence-corrected chi connectivity index (χ3v) is 5.69. The quantitative estimate of drug-likeness (QED) is 0.677. The Hall–Kier alpha value is -2.99. The third kappa shape index (κ3) is 4.07. The molecule has 150 valence electrons. The number of carbonyl (C=O) groups is 1. The molecule has 1 aromatic heterocycles. The summed E-state index contributed by atoms with van der Waals surface area (Å²) in [6.07, 6.45) is 4.82. The van der Waals surface area contributed by atoms with Crippen molar-refractivity contribution >= 4 is 16.8 Å². The van der Waals surface area contributed by atoms with Crippen molar-refractivity contribution in [3.05, 3.63) is 75.3 Å². The number of hydrogen-bond acceptors (Lipinski definition) is 4. The number of nitrogens with one attached hydrogen (secondary N) is 1. The summed E-state index contributed by atoms with van der Waals surface area (Å²) >= 11 is 0. The highest BCUT2D eigenvalue weighted by molar-refractivity contribution is 5.78. The smallest absolute Gasteiger partial charge is 0.261 e. The van der Waals surface area contributed by atoms with E-state index in [-0.39, 0.29) is 18.1 Å². The Morgan fingerprint density at radius 3 is 2.72 bits per heavy atom. The third-order valence-electron chi connectivity index (χ3n) is 5.69. The van der Waals surface area contributed by atoms with Crippen LogP contribution in [0.2, 0.25) is 0 Å². The van der Waals surface area contributed by atoms with Crippen LogP contribution in [0.5, 0.6) is 0 Å². The van der Waals surface area contributed by atoms with E-state index in [1.165, 1.54) is 34.1 Å². The van der Waals surface area contributed by atoms with Crippen LogP contribution < -0.4 is 16.6 Å². The monoisotopic (exact) mass is 390 g/mol. The summed E-state index contributed by atoms with van der Waals surface area (Å²) in [5, 5.41) is 3.94. The van der Waals surface area contributed by atoms with Crippen molar-refractivity contribution in [2.75, 3.05) is 0 Å². The lowest BCUT2D eigenvalue weighted by atomic mass is 9.89. The highest BCUT2D eigenvalue weighted by Crippen LogP contribution is 2.25. The van der Waals surface area contributed by atoms with Crippen molar-refractivity contribution in [3.8, 4) is 0 Å². The highest BCUT2D eigenvalue weighted by Gasteiger charge is 2.15. The number of benzene rings is 2. The van der Waals surface area contributed by atoms with Gasteiger partial charge in [0.05, 0.1) is 17.4 Å². The standard InChI is InChI=1S/C23H26N4O2/c1-15(17-11-10-16-6-2-3-7-18(16)12-17)25-13-22-26-20-9-5-4-8-19(20)23(29)27(22)14-21(24)28/h4-5,8-12,15,25H,2-3,6-7,13-14H2,1H3,(H2,24,28). The summed E-state index contributed by atoms with van der Waals surface area (Å²) in [4.78, 5) is 29.0. The predicted octanol–water partition coefficient (Wildman–Crippen LogP) is 2.61. The molecule has 6 heteroatoms. The molecular weight excluding hydrogens is 364 g/mol. The van der Waals surface area contributed by atoms with Crippen LogP contribution in [0.4, 0.5) is 0 Å². The van der Waals surface area contributed by atoms with Gasteiger partial charge in [0, 0.05) is 6.04 Å². The topological polar surface area (TPSA) is 90.0 Å². The number of nitrogens with zero attached hydrogens (tertiary/aromatic N) is 2. The van der Waals surface area contributed by atoms with Gasteiger partial charge in [-0.2, -0.15) is 0 Å². The molecular formula is C23H26N4O2. The normalized spacial score (nSPS) is 14.5. The SMILES string of the molecule is CC(NCc1nc2ccccc2c(=O)n1CC(N)=O)c1ccc2c(c1)CCCC2. The van der Waals surface area contributed by atoms with Gasteiger partial charge in [0.2, 0.25) is 5.91 Å². The summed E-state index contributed by atoms with van der Waals surface area (Å²) in [5.74, 6) is -0.0505. The van der Waals surface area contributed by atoms with Crippen LogP contribution in [0.15, 0.2) is 47.3 Å². The first kappa shape index (κ1) is 19.3. The van der Waals surface area contributed by atoms with E-state index in [9.17, 15) is 9.59 Å². The van der Waals surface area contributed by atoms with E-state index in [1.54, 1.807) is 12.1 Å². The number of aryl methyl sites for hydroxylation is 2. The zero-order chi connectivity index (χ0) is 20.4. The molecule has 3 aromatic rings. The van der Waals surface area contributed by atoms with Gasteiger partial charge in [-0.05, 0) is 61.4 Å². The zero-order valence-corrected chi connectivity index (χ0v) is 16.6. The minimum Gasteiger partial charge on any atom is -0.368 e. The molecule has 0 bridgehead atoms. The fraction of sp³-hybridized carbons (Fsp3) is 0.348. The van der Waals surface area contributed by atoms with Crippen molar-refractivity contribution in [1.82, 2.24) is 14.9 Å². The minimum absolute atomic E-state index is 0.0904. The van der Waals surface area contributed by atoms with Gasteiger partial charge in [-0.3, -0.25) is 14.2 Å². The number of fused-ring (bicyclic) bond motifs is 2. The van der Waals surface area contributed by atoms with Crippen LogP contribution in [-0.4, -0.2) is 15.5 Å². The average molecular weight is 390 g/mol. The summed E-state index contributed by atoms with van der Waals surface area (Å²) in [6, 6.07) is 13.9. The molecule has 3 N–H and O–H groups in total. The molecule has 0 radical (unpaired) electrons. The number of hydrogen-bond donors (Lipinski definition) is 2. The van der Waals surface area contributed by atoms with Crippen LogP contribution in [0.25, 0.3) is 10.9 Å². The molecule has 0 spiro atoms. The Balaban J connectivity index is 1.60. The van der Waals surface area contributed by atoms with Gasteiger partial charge in [0.25, 0.3) is 5.56 Å². The Morgan fingerprint density at radius 1 is 1.17 bits per heavy atom. The van der Waals surface area contributed by atoms with E-state index in [1.807, 2.05) is 12.1 Å². The minimum atomic E-state index is -0.562. The van der Waals surface area contributed by atoms with Crippen LogP contribution >= 0.6 is 0 Å². The second-order valence-corrected chi connectivity index (χ2v) is 7.74. The largest absolute Gasteiger partial charge is 0.368 e. The zero-order valence-electron chi connectivity index (χ0n) is 16.6. The highest BCUT2D eigenvalue weighted by atomic mass is 16.2. The summed E-state index contributed by atoms with van der Waals surface area (Å²) in [7, 11) is 0. The van der Waals surface area contributed by atoms with Crippen molar-refractivity contribution in [1.29, 1.82) is 0 Å². The van der Waals surface area contributed by atoms with E-state index in [0.717, 1.165) is 12.8 Å². The van der Waals surface area contributed by atoms with E-state index < -0.39 is 5.91 Å². The number of rotatable bonds is 6. The lowest BCUT2D eigenvalue weighted by molar-refractivity contribution is -0.118. The number of para-hydroxylation sites is 1. The van der Waals surface area contributed by atoms with Crippen LogP contribution in [0, 0.1) is 0 Å². The van der Waals surface area contributed by atoms with Crippen LogP contribution in [-0.2, 0) is 30.7 Å². The van der Waals surface area contributed by atoms with Gasteiger partial charge < -0.3 is 11.1 Å². The first-order valence-corrected chi connectivity index (χ1v) is 10.1. The van der Waals surface area contributed by atoms with Crippen molar-refractivity contribution < 1.29 is 4.79 Å². The second kappa shape index (κ2) is 8.17. The number of aromatic nitrogens is 2. The molecule has 1 heterocycles. The molecule has 4 rings (SSSR count). The maximum atomic E-state index is 12.8. The molecule has 1 aliphatic carbocycles. The average Bonchev–Trinajstić information content (AvgIpc) is 2.73. The number of amides is 1. The molecule has 1 aliphatic rings. The van der Waals surface area contributed by atoms with Gasteiger partial charge in [-0.25, -0.2) is 4.98 Å². The van der Waals surface area contributed by atoms with E-state index in [0.29, 0.717) is 23.3 Å². The predicted molar refractivity (Wildman–Crippen MR) is 114 cm³/mol. The Kier molecular flexibility index (Phi) is 5.45. The van der Waals surface area contributed by atoms with Gasteiger partial charge in [0.15, 0.2) is 0 Å². The Bertz CT molecular complexity index is 1120. The second-order valence-electron chi connectivity index (χ2n) is 7.74. The molecule has 0 aliphatic heterocycles. The van der Waals surface area contributed by atoms with Gasteiger partial charge >= 0.3 is 0 Å². The number of carbonyl (C=O) groups excluding carboxylic acids is 1. The Labute approximate surface area is 169 Å². The van der Waals surface area contributed by atoms with E-state index >= 15 is 0 Å². The van der Waals surface area contributed by atoms with E-state index in [4.69, 9.17) is 5.73 Å². The summed E-state index contributed by atoms with van der Waals surface area (Å²) < 4.78 is 1.37. The van der Waals surface area contributed by atoms with Crippen LogP contribution in [0.1, 0.15) is 48.3 Å². The van der Waals surface area contributed by atoms with Gasteiger partial charge in [-0.1, -0.05) is 30.3 Å². The first-order chi connectivity index (χ1) is 14.0. The lowest BCUT2D eigenvalue weighted by Crippen LogP contribution is -2.33. The molecule has 6 nitrogen and oxygen atoms in total. The Morgan fingerprint density at radius 2 is 1.93 bits per heavy atom. The van der Waals surface area contributed by atoms with Crippen molar-refractivity contribution in [3.63, 3.8) is 0 Å². The summed E-state index contributed by atoms with van der Waals surface area (Å²) in [6.45, 7) is 2.29. The molecule has 0 saturated carbocycles. The maximum absolute atomic E-state index is 12.8. The molecule has 1 amide bonds. The van der Waals surface area contributed by atoms with Gasteiger partial charge in [0.1, 0.15) is 12.4 Å². The van der Waals surface area contributed by atoms with Crippen molar-refractivity contribution in [2.45, 2.75) is 51.7 Å². The van der Waals surface area contributed by atoms with Crippen LogP contribution in [0.3, 0.4) is 0 Å². The fourth-order valence-electron chi connectivity index (χ4n) is 4.05. The van der Waals surface area contributed by atoms with Crippen molar-refractivity contribution in [2.24, 2.45) is 5.73 Å². The summed E-state index contributed by atoms with van der Waals surface area (Å²) in [5.41, 5.74) is 9.87. The van der Waals surface area contributed by atoms with E-state index in [2.05, 4.69) is 35.4 Å². The lowest BCUT2D eigenvalue weighted by Gasteiger charge is -2.20. The molecule has 29 heavy (non-hydrogen) atoms.